The molecule has 6 nitrogen and oxygen atoms in total. The normalized spacial score (nSPS) is 35.8. The van der Waals surface area contributed by atoms with Gasteiger partial charge in [-0.15, -0.1) is 0 Å². The second kappa shape index (κ2) is 8.13. The Labute approximate surface area is 188 Å². The predicted molar refractivity (Wildman–Crippen MR) is 116 cm³/mol. The van der Waals surface area contributed by atoms with Gasteiger partial charge in [-0.1, -0.05) is 0 Å². The summed E-state index contributed by atoms with van der Waals surface area (Å²) in [7, 11) is 0. The number of hydrogen-bond donors (Lipinski definition) is 0. The lowest BCUT2D eigenvalue weighted by Gasteiger charge is -2.44. The molecule has 32 heavy (non-hydrogen) atoms. The van der Waals surface area contributed by atoms with Crippen molar-refractivity contribution >= 4 is 11.9 Å². The number of carbonyl (C=O) groups is 2. The highest BCUT2D eigenvalue weighted by molar-refractivity contribution is 5.78. The zero-order chi connectivity index (χ0) is 22.3. The average Bonchev–Trinajstić information content (AvgIpc) is 3.57. The fourth-order valence-electron chi connectivity index (χ4n) is 7.12. The highest BCUT2D eigenvalue weighted by atomic mass is 16.5. The van der Waals surface area contributed by atoms with Crippen molar-refractivity contribution in [2.75, 3.05) is 13.2 Å². The van der Waals surface area contributed by atoms with Crippen LogP contribution in [0.1, 0.15) is 63.9 Å². The molecule has 6 heteroatoms. The molecule has 6 unspecified atom stereocenters. The molecule has 0 N–H and O–H groups in total. The largest absolute Gasteiger partial charge is 0.469 e. The van der Waals surface area contributed by atoms with Crippen LogP contribution in [0.3, 0.4) is 0 Å². The van der Waals surface area contributed by atoms with E-state index in [1.807, 2.05) is 38.1 Å². The molecule has 0 aliphatic heterocycles. The standard InChI is InChI=1S/2C13H16O3/c2*1-2-15-12(14)11-9-5-6-13(11,8-9)10-4-3-7-16-10/h2*3-4,7,9,11H,2,5-6,8H2,1H3. The predicted octanol–water partition coefficient (Wildman–Crippen LogP) is 5.02. The molecule has 6 saturated carbocycles. The van der Waals surface area contributed by atoms with Crippen LogP contribution in [0.5, 0.6) is 0 Å². The Hall–Kier alpha value is -2.50. The lowest BCUT2D eigenvalue weighted by Crippen LogP contribution is -2.48. The first kappa shape index (κ1) is 21.4. The van der Waals surface area contributed by atoms with Gasteiger partial charge in [-0.2, -0.15) is 0 Å². The van der Waals surface area contributed by atoms with E-state index in [9.17, 15) is 9.59 Å². The van der Waals surface area contributed by atoms with E-state index in [4.69, 9.17) is 18.3 Å². The number of fused-ring (bicyclic) bond motifs is 2. The summed E-state index contributed by atoms with van der Waals surface area (Å²) in [4.78, 5) is 23.8. The molecular formula is C26H32O6. The van der Waals surface area contributed by atoms with Gasteiger partial charge >= 0.3 is 11.9 Å². The van der Waals surface area contributed by atoms with Crippen LogP contribution >= 0.6 is 0 Å². The summed E-state index contributed by atoms with van der Waals surface area (Å²) in [6.07, 6.45) is 9.95. The second-order valence-corrected chi connectivity index (χ2v) is 9.73. The molecule has 8 rings (SSSR count). The fourth-order valence-corrected chi connectivity index (χ4v) is 7.12. The molecule has 4 bridgehead atoms. The minimum atomic E-state index is -0.0413. The van der Waals surface area contributed by atoms with Gasteiger partial charge in [-0.25, -0.2) is 0 Å². The molecule has 172 valence electrons. The molecule has 0 radical (unpaired) electrons. The van der Waals surface area contributed by atoms with E-state index in [2.05, 4.69) is 0 Å². The van der Waals surface area contributed by atoms with Crippen molar-refractivity contribution in [3.05, 3.63) is 48.3 Å². The highest BCUT2D eigenvalue weighted by Crippen LogP contribution is 2.65. The summed E-state index contributed by atoms with van der Waals surface area (Å²) in [5.41, 5.74) is -0.0825. The van der Waals surface area contributed by atoms with Crippen LogP contribution in [0.4, 0.5) is 0 Å². The maximum Gasteiger partial charge on any atom is 0.310 e. The molecule has 6 aliphatic rings. The van der Waals surface area contributed by atoms with Gasteiger partial charge in [0.1, 0.15) is 11.5 Å². The fraction of sp³-hybridized carbons (Fsp3) is 0.615. The van der Waals surface area contributed by atoms with Gasteiger partial charge in [0.15, 0.2) is 0 Å². The lowest BCUT2D eigenvalue weighted by atomic mass is 9.59. The highest BCUT2D eigenvalue weighted by Gasteiger charge is 2.65. The lowest BCUT2D eigenvalue weighted by molar-refractivity contribution is -0.158. The molecule has 6 atom stereocenters. The van der Waals surface area contributed by atoms with Gasteiger partial charge in [0.2, 0.25) is 0 Å². The number of esters is 2. The van der Waals surface area contributed by atoms with E-state index in [-0.39, 0.29) is 34.6 Å². The Morgan fingerprint density at radius 3 is 1.59 bits per heavy atom. The molecule has 2 aromatic heterocycles. The van der Waals surface area contributed by atoms with Gasteiger partial charge in [-0.05, 0) is 88.5 Å². The maximum atomic E-state index is 11.9. The molecule has 0 saturated heterocycles. The summed E-state index contributed by atoms with van der Waals surface area (Å²) in [6.45, 7) is 4.66. The van der Waals surface area contributed by atoms with Crippen LogP contribution in [0.2, 0.25) is 0 Å². The molecule has 2 aromatic rings. The van der Waals surface area contributed by atoms with E-state index in [1.165, 1.54) is 0 Å². The number of carbonyl (C=O) groups excluding carboxylic acids is 2. The summed E-state index contributed by atoms with van der Waals surface area (Å²) in [5, 5.41) is 0. The molecule has 6 fully saturated rings. The van der Waals surface area contributed by atoms with Crippen molar-refractivity contribution in [1.82, 2.24) is 0 Å². The van der Waals surface area contributed by atoms with Crippen LogP contribution in [-0.2, 0) is 29.9 Å². The van der Waals surface area contributed by atoms with Crippen molar-refractivity contribution in [2.45, 2.75) is 63.2 Å². The Bertz CT molecular complexity index is 861. The van der Waals surface area contributed by atoms with Crippen molar-refractivity contribution < 1.29 is 27.9 Å². The van der Waals surface area contributed by atoms with Gasteiger partial charge in [0.25, 0.3) is 0 Å². The van der Waals surface area contributed by atoms with Gasteiger partial charge in [0, 0.05) is 10.8 Å². The molecule has 6 aliphatic carbocycles. The average molecular weight is 441 g/mol. The SMILES string of the molecule is CCOC(=O)C1C2CCC1(c1ccco1)C2.CCOC(=O)C1C2CCC1(c1ccco1)C2. The van der Waals surface area contributed by atoms with Crippen molar-refractivity contribution in [3.63, 3.8) is 0 Å². The van der Waals surface area contributed by atoms with Crippen LogP contribution in [-0.4, -0.2) is 25.2 Å². The molecular weight excluding hydrogens is 408 g/mol. The number of furan rings is 2. The topological polar surface area (TPSA) is 78.9 Å². The number of hydrogen-bond acceptors (Lipinski definition) is 6. The van der Waals surface area contributed by atoms with Crippen LogP contribution in [0.25, 0.3) is 0 Å². The number of ether oxygens (including phenoxy) is 2. The molecule has 0 amide bonds. The van der Waals surface area contributed by atoms with E-state index >= 15 is 0 Å². The third-order valence-corrected chi connectivity index (χ3v) is 8.41. The maximum absolute atomic E-state index is 11.9. The first-order chi connectivity index (χ1) is 15.6. The zero-order valence-electron chi connectivity index (χ0n) is 18.9. The van der Waals surface area contributed by atoms with E-state index in [1.54, 1.807) is 12.5 Å². The Kier molecular flexibility index (Phi) is 5.42. The summed E-state index contributed by atoms with van der Waals surface area (Å²) < 4.78 is 21.4. The van der Waals surface area contributed by atoms with Crippen LogP contribution in [0.15, 0.2) is 45.6 Å². The Balaban J connectivity index is 0.000000135. The van der Waals surface area contributed by atoms with Gasteiger partial charge in [0.05, 0.1) is 37.6 Å². The molecule has 0 spiro atoms. The number of rotatable bonds is 6. The quantitative estimate of drug-likeness (QED) is 0.587. The minimum Gasteiger partial charge on any atom is -0.469 e. The monoisotopic (exact) mass is 440 g/mol. The minimum absolute atomic E-state index is 0.0346. The molecule has 0 aromatic carbocycles. The first-order valence-electron chi connectivity index (χ1n) is 12.0. The van der Waals surface area contributed by atoms with Crippen LogP contribution in [0, 0.1) is 23.7 Å². The Morgan fingerprint density at radius 2 is 1.28 bits per heavy atom. The van der Waals surface area contributed by atoms with Crippen LogP contribution < -0.4 is 0 Å². The van der Waals surface area contributed by atoms with E-state index in [0.29, 0.717) is 25.0 Å². The van der Waals surface area contributed by atoms with Crippen molar-refractivity contribution in [2.24, 2.45) is 23.7 Å². The van der Waals surface area contributed by atoms with E-state index < -0.39 is 0 Å². The second-order valence-electron chi connectivity index (χ2n) is 9.73. The third kappa shape index (κ3) is 3.06. The summed E-state index contributed by atoms with van der Waals surface area (Å²) in [6, 6.07) is 7.79. The van der Waals surface area contributed by atoms with Gasteiger partial charge < -0.3 is 18.3 Å². The first-order valence-corrected chi connectivity index (χ1v) is 12.0. The summed E-state index contributed by atoms with van der Waals surface area (Å²) in [5.74, 6) is 2.99. The van der Waals surface area contributed by atoms with Gasteiger partial charge in [-0.3, -0.25) is 9.59 Å². The summed E-state index contributed by atoms with van der Waals surface area (Å²) >= 11 is 0. The van der Waals surface area contributed by atoms with Crippen molar-refractivity contribution in [1.29, 1.82) is 0 Å². The molecule has 2 heterocycles. The third-order valence-electron chi connectivity index (χ3n) is 8.41. The van der Waals surface area contributed by atoms with E-state index in [0.717, 1.165) is 50.0 Å². The smallest absolute Gasteiger partial charge is 0.310 e. The zero-order valence-corrected chi connectivity index (χ0v) is 18.9. The Morgan fingerprint density at radius 1 is 0.844 bits per heavy atom. The van der Waals surface area contributed by atoms with Crippen molar-refractivity contribution in [3.8, 4) is 0 Å².